The van der Waals surface area contributed by atoms with Crippen LogP contribution in [-0.2, 0) is 10.0 Å². The number of thiazole rings is 1. The lowest BCUT2D eigenvalue weighted by molar-refractivity contribution is 0.565. The lowest BCUT2D eigenvalue weighted by Crippen LogP contribution is -2.15. The SMILES string of the molecule is Cc1cc(N)cc(S(=O)(=O)Nc2nc(C3CC3)cs2)c1F. The maximum Gasteiger partial charge on any atom is 0.266 e. The summed E-state index contributed by atoms with van der Waals surface area (Å²) in [6, 6.07) is 2.50. The molecule has 0 amide bonds. The Labute approximate surface area is 126 Å². The number of aryl methyl sites for hydroxylation is 1. The quantitative estimate of drug-likeness (QED) is 0.846. The second kappa shape index (κ2) is 4.96. The Morgan fingerprint density at radius 1 is 1.43 bits per heavy atom. The van der Waals surface area contributed by atoms with E-state index in [4.69, 9.17) is 5.73 Å². The standard InChI is InChI=1S/C13H14FN3O2S2/c1-7-4-9(15)5-11(12(7)14)21(18,19)17-13-16-10(6-20-13)8-2-3-8/h4-6,8H,2-3,15H2,1H3,(H,16,17). The first kappa shape index (κ1) is 14.3. The van der Waals surface area contributed by atoms with Crippen molar-refractivity contribution in [2.24, 2.45) is 0 Å². The second-order valence-corrected chi connectivity index (χ2v) is 7.62. The molecule has 0 atom stereocenters. The van der Waals surface area contributed by atoms with E-state index in [-0.39, 0.29) is 16.4 Å². The summed E-state index contributed by atoms with van der Waals surface area (Å²) in [7, 11) is -4.04. The lowest BCUT2D eigenvalue weighted by atomic mass is 10.2. The molecule has 1 heterocycles. The van der Waals surface area contributed by atoms with Gasteiger partial charge in [-0.1, -0.05) is 0 Å². The first-order chi connectivity index (χ1) is 9.87. The van der Waals surface area contributed by atoms with Crippen molar-refractivity contribution in [2.45, 2.75) is 30.6 Å². The van der Waals surface area contributed by atoms with Gasteiger partial charge in [0.15, 0.2) is 5.13 Å². The fourth-order valence-corrected chi connectivity index (χ4v) is 4.26. The Morgan fingerprint density at radius 2 is 2.14 bits per heavy atom. The van der Waals surface area contributed by atoms with E-state index in [0.717, 1.165) is 24.6 Å². The smallest absolute Gasteiger partial charge is 0.266 e. The fraction of sp³-hybridized carbons (Fsp3) is 0.308. The van der Waals surface area contributed by atoms with Crippen LogP contribution < -0.4 is 10.5 Å². The summed E-state index contributed by atoms with van der Waals surface area (Å²) in [6.07, 6.45) is 2.16. The predicted molar refractivity (Wildman–Crippen MR) is 80.4 cm³/mol. The molecule has 0 aliphatic heterocycles. The molecule has 1 aliphatic rings. The molecule has 2 aromatic rings. The molecule has 1 aromatic heterocycles. The number of nitrogens with zero attached hydrogens (tertiary/aromatic N) is 1. The molecule has 1 aliphatic carbocycles. The molecule has 0 radical (unpaired) electrons. The van der Waals surface area contributed by atoms with Crippen molar-refractivity contribution >= 4 is 32.2 Å². The molecule has 0 saturated heterocycles. The number of aromatic nitrogens is 1. The third-order valence-electron chi connectivity index (χ3n) is 3.27. The molecule has 112 valence electrons. The minimum atomic E-state index is -4.04. The van der Waals surface area contributed by atoms with Crippen molar-refractivity contribution in [1.29, 1.82) is 0 Å². The number of sulfonamides is 1. The molecule has 0 unspecified atom stereocenters. The van der Waals surface area contributed by atoms with Crippen molar-refractivity contribution < 1.29 is 12.8 Å². The van der Waals surface area contributed by atoms with Crippen LogP contribution in [-0.4, -0.2) is 13.4 Å². The highest BCUT2D eigenvalue weighted by atomic mass is 32.2. The highest BCUT2D eigenvalue weighted by Crippen LogP contribution is 2.41. The van der Waals surface area contributed by atoms with Crippen LogP contribution in [0.3, 0.4) is 0 Å². The molecule has 1 fully saturated rings. The highest BCUT2D eigenvalue weighted by Gasteiger charge is 2.27. The van der Waals surface area contributed by atoms with Crippen LogP contribution in [0.4, 0.5) is 15.2 Å². The third kappa shape index (κ3) is 2.86. The maximum atomic E-state index is 14.0. The first-order valence-electron chi connectivity index (χ1n) is 6.40. The van der Waals surface area contributed by atoms with Crippen LogP contribution in [0.15, 0.2) is 22.4 Å². The zero-order valence-corrected chi connectivity index (χ0v) is 12.9. The van der Waals surface area contributed by atoms with Gasteiger partial charge in [-0.25, -0.2) is 17.8 Å². The normalized spacial score (nSPS) is 15.1. The van der Waals surface area contributed by atoms with Gasteiger partial charge in [0.05, 0.1) is 5.69 Å². The number of nitrogens with one attached hydrogen (secondary N) is 1. The summed E-state index contributed by atoms with van der Waals surface area (Å²) >= 11 is 1.20. The molecule has 0 bridgehead atoms. The highest BCUT2D eigenvalue weighted by molar-refractivity contribution is 7.93. The van der Waals surface area contributed by atoms with Gasteiger partial charge in [0.1, 0.15) is 10.7 Å². The van der Waals surface area contributed by atoms with Gasteiger partial charge in [-0.3, -0.25) is 4.72 Å². The average Bonchev–Trinajstić information content (AvgIpc) is 3.15. The summed E-state index contributed by atoms with van der Waals surface area (Å²) < 4.78 is 40.9. The average molecular weight is 327 g/mol. The van der Waals surface area contributed by atoms with Crippen molar-refractivity contribution in [3.8, 4) is 0 Å². The maximum absolute atomic E-state index is 14.0. The summed E-state index contributed by atoms with van der Waals surface area (Å²) in [4.78, 5) is 3.78. The molecule has 5 nitrogen and oxygen atoms in total. The van der Waals surface area contributed by atoms with Gasteiger partial charge >= 0.3 is 0 Å². The zero-order valence-electron chi connectivity index (χ0n) is 11.3. The summed E-state index contributed by atoms with van der Waals surface area (Å²) in [5.41, 5.74) is 6.88. The van der Waals surface area contributed by atoms with E-state index >= 15 is 0 Å². The van der Waals surface area contributed by atoms with Gasteiger partial charge in [0, 0.05) is 17.0 Å². The van der Waals surface area contributed by atoms with Crippen molar-refractivity contribution in [2.75, 3.05) is 10.5 Å². The van der Waals surface area contributed by atoms with Gasteiger partial charge < -0.3 is 5.73 Å². The zero-order chi connectivity index (χ0) is 15.2. The van der Waals surface area contributed by atoms with Gasteiger partial charge in [-0.15, -0.1) is 11.3 Å². The van der Waals surface area contributed by atoms with Gasteiger partial charge in [-0.05, 0) is 37.5 Å². The summed E-state index contributed by atoms with van der Waals surface area (Å²) in [5, 5.41) is 2.08. The van der Waals surface area contributed by atoms with E-state index in [0.29, 0.717) is 5.92 Å². The molecule has 1 saturated carbocycles. The number of hydrogen-bond donors (Lipinski definition) is 2. The molecule has 1 aromatic carbocycles. The van der Waals surface area contributed by atoms with Gasteiger partial charge in [-0.2, -0.15) is 0 Å². The monoisotopic (exact) mass is 327 g/mol. The first-order valence-corrected chi connectivity index (χ1v) is 8.77. The number of rotatable bonds is 4. The Balaban J connectivity index is 1.92. The van der Waals surface area contributed by atoms with Crippen LogP contribution in [0.5, 0.6) is 0 Å². The summed E-state index contributed by atoms with van der Waals surface area (Å²) in [5.74, 6) is -0.360. The number of benzene rings is 1. The van der Waals surface area contributed by atoms with Crippen LogP contribution in [0.2, 0.25) is 0 Å². The Hall–Kier alpha value is -1.67. The van der Waals surface area contributed by atoms with Gasteiger partial charge in [0.2, 0.25) is 0 Å². The number of nitrogen functional groups attached to an aromatic ring is 1. The van der Waals surface area contributed by atoms with Crippen LogP contribution in [0.1, 0.15) is 30.0 Å². The Kier molecular flexibility index (Phi) is 3.37. The third-order valence-corrected chi connectivity index (χ3v) is 5.52. The van der Waals surface area contributed by atoms with E-state index in [1.807, 2.05) is 5.38 Å². The summed E-state index contributed by atoms with van der Waals surface area (Å²) in [6.45, 7) is 1.47. The second-order valence-electron chi connectivity index (χ2n) is 5.11. The van der Waals surface area contributed by atoms with Crippen LogP contribution in [0, 0.1) is 12.7 Å². The molecule has 3 rings (SSSR count). The molecule has 8 heteroatoms. The largest absolute Gasteiger partial charge is 0.399 e. The molecule has 0 spiro atoms. The predicted octanol–water partition coefficient (Wildman–Crippen LogP) is 2.85. The van der Waals surface area contributed by atoms with Crippen LogP contribution in [0.25, 0.3) is 0 Å². The number of nitrogens with two attached hydrogens (primary N) is 1. The van der Waals surface area contributed by atoms with E-state index in [1.54, 1.807) is 0 Å². The topological polar surface area (TPSA) is 85.1 Å². The van der Waals surface area contributed by atoms with Crippen molar-refractivity contribution in [3.63, 3.8) is 0 Å². The molecule has 3 N–H and O–H groups in total. The van der Waals surface area contributed by atoms with Crippen LogP contribution >= 0.6 is 11.3 Å². The molecular weight excluding hydrogens is 313 g/mol. The Morgan fingerprint density at radius 3 is 2.81 bits per heavy atom. The number of anilines is 2. The van der Waals surface area contributed by atoms with Gasteiger partial charge in [0.25, 0.3) is 10.0 Å². The molecular formula is C13H14FN3O2S2. The Bertz CT molecular complexity index is 798. The van der Waals surface area contributed by atoms with E-state index in [1.165, 1.54) is 24.3 Å². The van der Waals surface area contributed by atoms with E-state index in [9.17, 15) is 12.8 Å². The van der Waals surface area contributed by atoms with Crippen molar-refractivity contribution in [1.82, 2.24) is 4.98 Å². The van der Waals surface area contributed by atoms with E-state index in [2.05, 4.69) is 9.71 Å². The number of hydrogen-bond acceptors (Lipinski definition) is 5. The molecule has 21 heavy (non-hydrogen) atoms. The van der Waals surface area contributed by atoms with E-state index < -0.39 is 20.7 Å². The van der Waals surface area contributed by atoms with Crippen molar-refractivity contribution in [3.05, 3.63) is 34.6 Å². The minimum Gasteiger partial charge on any atom is -0.399 e. The minimum absolute atomic E-state index is 0.188. The lowest BCUT2D eigenvalue weighted by Gasteiger charge is -2.09. The fourth-order valence-electron chi connectivity index (χ4n) is 2.03. The number of halogens is 1.